The van der Waals surface area contributed by atoms with Gasteiger partial charge in [-0.2, -0.15) is 0 Å². The molecule has 0 saturated heterocycles. The molecule has 0 bridgehead atoms. The van der Waals surface area contributed by atoms with Gasteiger partial charge in [0.05, 0.1) is 5.02 Å². The topological polar surface area (TPSA) is 72.2 Å². The molecule has 2 aromatic rings. The molecule has 0 fully saturated rings. The van der Waals surface area contributed by atoms with Crippen LogP contribution in [0.4, 0.5) is 10.1 Å². The van der Waals surface area contributed by atoms with Crippen molar-refractivity contribution in [1.29, 1.82) is 0 Å². The number of benzene rings is 2. The van der Waals surface area contributed by atoms with Crippen LogP contribution >= 0.6 is 11.6 Å². The molecule has 0 atom stereocenters. The Kier molecular flexibility index (Phi) is 4.51. The fraction of sp³-hybridized carbons (Fsp3) is 0.143. The van der Waals surface area contributed by atoms with Gasteiger partial charge in [0.25, 0.3) is 0 Å². The Labute approximate surface area is 127 Å². The first-order valence-corrected chi connectivity index (χ1v) is 7.96. The van der Waals surface area contributed by atoms with E-state index in [9.17, 15) is 12.8 Å². The zero-order valence-corrected chi connectivity index (χ0v) is 12.8. The van der Waals surface area contributed by atoms with Crippen LogP contribution in [0.2, 0.25) is 5.02 Å². The second kappa shape index (κ2) is 6.01. The largest absolute Gasteiger partial charge is 0.398 e. The fourth-order valence-corrected chi connectivity index (χ4v) is 3.39. The first-order chi connectivity index (χ1) is 9.81. The van der Waals surface area contributed by atoms with Crippen molar-refractivity contribution in [2.45, 2.75) is 18.4 Å². The summed E-state index contributed by atoms with van der Waals surface area (Å²) in [4.78, 5) is -0.122. The van der Waals surface area contributed by atoms with Gasteiger partial charge in [0.15, 0.2) is 0 Å². The van der Waals surface area contributed by atoms with Gasteiger partial charge in [-0.15, -0.1) is 0 Å². The smallest absolute Gasteiger partial charge is 0.242 e. The summed E-state index contributed by atoms with van der Waals surface area (Å²) in [6, 6.07) is 8.70. The number of hydrogen-bond donors (Lipinski definition) is 2. The van der Waals surface area contributed by atoms with Crippen molar-refractivity contribution in [1.82, 2.24) is 4.72 Å². The van der Waals surface area contributed by atoms with E-state index < -0.39 is 15.8 Å². The Morgan fingerprint density at radius 3 is 2.62 bits per heavy atom. The number of hydrogen-bond acceptors (Lipinski definition) is 3. The monoisotopic (exact) mass is 328 g/mol. The summed E-state index contributed by atoms with van der Waals surface area (Å²) in [5, 5.41) is 0.0720. The molecular weight excluding hydrogens is 315 g/mol. The summed E-state index contributed by atoms with van der Waals surface area (Å²) < 4.78 is 40.3. The molecule has 2 rings (SSSR count). The highest BCUT2D eigenvalue weighted by molar-refractivity contribution is 7.89. The van der Waals surface area contributed by atoms with Crippen LogP contribution in [0.5, 0.6) is 0 Å². The quantitative estimate of drug-likeness (QED) is 0.848. The molecule has 0 saturated carbocycles. The highest BCUT2D eigenvalue weighted by Crippen LogP contribution is 2.26. The lowest BCUT2D eigenvalue weighted by molar-refractivity contribution is 0.574. The Bertz CT molecular complexity index is 779. The number of nitrogens with one attached hydrogen (secondary N) is 1. The standard InChI is InChI=1S/C14H14ClFN2O2S/c1-9-6-11(15)14(7-13(9)17)21(19,20)18-8-10-4-2-3-5-12(10)16/h2-7,18H,8,17H2,1H3. The van der Waals surface area contributed by atoms with Crippen LogP contribution in [-0.2, 0) is 16.6 Å². The number of aryl methyl sites for hydroxylation is 1. The lowest BCUT2D eigenvalue weighted by atomic mass is 10.2. The van der Waals surface area contributed by atoms with Gasteiger partial charge in [-0.25, -0.2) is 17.5 Å². The molecule has 0 aliphatic rings. The second-order valence-electron chi connectivity index (χ2n) is 4.56. The minimum atomic E-state index is -3.87. The molecule has 0 aliphatic heterocycles. The minimum Gasteiger partial charge on any atom is -0.398 e. The predicted octanol–water partition coefficient (Wildman–Crippen LogP) is 2.85. The van der Waals surface area contributed by atoms with Crippen molar-refractivity contribution < 1.29 is 12.8 Å². The van der Waals surface area contributed by atoms with Crippen molar-refractivity contribution in [3.63, 3.8) is 0 Å². The molecule has 2 aromatic carbocycles. The first-order valence-electron chi connectivity index (χ1n) is 6.10. The summed E-state index contributed by atoms with van der Waals surface area (Å²) >= 11 is 5.95. The second-order valence-corrected chi connectivity index (χ2v) is 6.70. The van der Waals surface area contributed by atoms with Gasteiger partial charge in [0.1, 0.15) is 10.7 Å². The number of rotatable bonds is 4. The summed E-state index contributed by atoms with van der Waals surface area (Å²) in [6.45, 7) is 1.56. The molecule has 0 aliphatic carbocycles. The number of sulfonamides is 1. The van der Waals surface area contributed by atoms with Crippen LogP contribution in [0.25, 0.3) is 0 Å². The molecule has 0 radical (unpaired) electrons. The van der Waals surface area contributed by atoms with Crippen LogP contribution in [0, 0.1) is 12.7 Å². The van der Waals surface area contributed by atoms with Crippen molar-refractivity contribution >= 4 is 27.3 Å². The SMILES string of the molecule is Cc1cc(Cl)c(S(=O)(=O)NCc2ccccc2F)cc1N. The Balaban J connectivity index is 2.27. The van der Waals surface area contributed by atoms with Gasteiger partial charge in [0, 0.05) is 17.8 Å². The summed E-state index contributed by atoms with van der Waals surface area (Å²) in [5.41, 5.74) is 6.97. The van der Waals surface area contributed by atoms with Crippen LogP contribution in [0.3, 0.4) is 0 Å². The molecular formula is C14H14ClFN2O2S. The summed E-state index contributed by atoms with van der Waals surface area (Å²) in [5.74, 6) is -0.477. The van der Waals surface area contributed by atoms with Gasteiger partial charge in [-0.05, 0) is 30.7 Å². The molecule has 3 N–H and O–H groups in total. The van der Waals surface area contributed by atoms with Gasteiger partial charge < -0.3 is 5.73 Å². The molecule has 112 valence electrons. The predicted molar refractivity (Wildman–Crippen MR) is 81.0 cm³/mol. The van der Waals surface area contributed by atoms with E-state index in [1.54, 1.807) is 13.0 Å². The minimum absolute atomic E-state index is 0.0720. The number of halogens is 2. The van der Waals surface area contributed by atoms with Gasteiger partial charge in [-0.1, -0.05) is 29.8 Å². The Morgan fingerprint density at radius 1 is 1.29 bits per heavy atom. The number of anilines is 1. The Hall–Kier alpha value is -1.63. The van der Waals surface area contributed by atoms with Gasteiger partial charge in [0.2, 0.25) is 10.0 Å². The highest BCUT2D eigenvalue weighted by atomic mass is 35.5. The van der Waals surface area contributed by atoms with Crippen LogP contribution in [0.15, 0.2) is 41.3 Å². The van der Waals surface area contributed by atoms with E-state index >= 15 is 0 Å². The molecule has 0 amide bonds. The van der Waals surface area contributed by atoms with E-state index in [0.717, 1.165) is 0 Å². The lowest BCUT2D eigenvalue weighted by Gasteiger charge is -2.11. The van der Waals surface area contributed by atoms with Crippen molar-refractivity contribution in [2.24, 2.45) is 0 Å². The number of nitrogens with two attached hydrogens (primary N) is 1. The third-order valence-electron chi connectivity index (χ3n) is 3.02. The van der Waals surface area contributed by atoms with E-state index in [4.69, 9.17) is 17.3 Å². The molecule has 0 spiro atoms. The van der Waals surface area contributed by atoms with E-state index in [2.05, 4.69) is 4.72 Å². The number of nitrogen functional groups attached to an aromatic ring is 1. The van der Waals surface area contributed by atoms with E-state index in [1.165, 1.54) is 30.3 Å². The van der Waals surface area contributed by atoms with Gasteiger partial charge >= 0.3 is 0 Å². The normalized spacial score (nSPS) is 11.6. The maximum absolute atomic E-state index is 13.5. The summed E-state index contributed by atoms with van der Waals surface area (Å²) in [6.07, 6.45) is 0. The molecule has 4 nitrogen and oxygen atoms in total. The lowest BCUT2D eigenvalue weighted by Crippen LogP contribution is -2.24. The highest BCUT2D eigenvalue weighted by Gasteiger charge is 2.19. The molecule has 0 heterocycles. The maximum Gasteiger partial charge on any atom is 0.242 e. The third kappa shape index (κ3) is 3.53. The van der Waals surface area contributed by atoms with Crippen LogP contribution in [0.1, 0.15) is 11.1 Å². The average Bonchev–Trinajstić information content (AvgIpc) is 2.42. The van der Waals surface area contributed by atoms with Crippen molar-refractivity contribution in [2.75, 3.05) is 5.73 Å². The third-order valence-corrected chi connectivity index (χ3v) is 4.89. The van der Waals surface area contributed by atoms with E-state index in [-0.39, 0.29) is 22.0 Å². The fourth-order valence-electron chi connectivity index (χ4n) is 1.77. The maximum atomic E-state index is 13.5. The van der Waals surface area contributed by atoms with Crippen LogP contribution < -0.4 is 10.5 Å². The first kappa shape index (κ1) is 15.8. The van der Waals surface area contributed by atoms with E-state index in [0.29, 0.717) is 11.3 Å². The average molecular weight is 329 g/mol. The summed E-state index contributed by atoms with van der Waals surface area (Å²) in [7, 11) is -3.87. The molecule has 0 aromatic heterocycles. The van der Waals surface area contributed by atoms with Crippen molar-refractivity contribution in [3.8, 4) is 0 Å². The Morgan fingerprint density at radius 2 is 1.95 bits per heavy atom. The van der Waals surface area contributed by atoms with Crippen LogP contribution in [-0.4, -0.2) is 8.42 Å². The molecule has 21 heavy (non-hydrogen) atoms. The van der Waals surface area contributed by atoms with E-state index in [1.807, 2.05) is 0 Å². The van der Waals surface area contributed by atoms with Crippen molar-refractivity contribution in [3.05, 3.63) is 58.4 Å². The zero-order valence-electron chi connectivity index (χ0n) is 11.2. The molecule has 7 heteroatoms. The zero-order chi connectivity index (χ0) is 15.6. The molecule has 0 unspecified atom stereocenters. The van der Waals surface area contributed by atoms with Gasteiger partial charge in [-0.3, -0.25) is 0 Å².